The number of amides is 1. The highest BCUT2D eigenvalue weighted by Crippen LogP contribution is 2.30. The minimum absolute atomic E-state index is 0.0505. The molecule has 1 aromatic rings. The van der Waals surface area contributed by atoms with Crippen LogP contribution >= 0.6 is 23.2 Å². The van der Waals surface area contributed by atoms with Gasteiger partial charge in [0.25, 0.3) is 0 Å². The van der Waals surface area contributed by atoms with Gasteiger partial charge >= 0.3 is 0 Å². The number of nitrogens with zero attached hydrogens (tertiary/aromatic N) is 1. The van der Waals surface area contributed by atoms with Gasteiger partial charge in [-0.2, -0.15) is 4.31 Å². The molecule has 1 fully saturated rings. The molecule has 1 saturated heterocycles. The Hall–Kier alpha value is -0.860. The van der Waals surface area contributed by atoms with Crippen LogP contribution in [0.5, 0.6) is 0 Å². The van der Waals surface area contributed by atoms with Gasteiger partial charge in [-0.05, 0) is 31.0 Å². The third-order valence-corrected chi connectivity index (χ3v) is 5.99. The lowest BCUT2D eigenvalue weighted by Gasteiger charge is -2.31. The van der Waals surface area contributed by atoms with E-state index in [1.165, 1.54) is 22.5 Å². The van der Waals surface area contributed by atoms with E-state index in [9.17, 15) is 13.2 Å². The van der Waals surface area contributed by atoms with Crippen LogP contribution in [-0.2, 0) is 14.8 Å². The van der Waals surface area contributed by atoms with E-state index < -0.39 is 15.9 Å². The predicted octanol–water partition coefficient (Wildman–Crippen LogP) is 1.38. The number of hydrazine groups is 1. The molecule has 1 aliphatic rings. The Labute approximate surface area is 133 Å². The first-order valence-electron chi connectivity index (χ1n) is 6.32. The Kier molecular flexibility index (Phi) is 5.11. The van der Waals surface area contributed by atoms with Gasteiger partial charge in [-0.15, -0.1) is 0 Å². The number of hydrogen-bond acceptors (Lipinski definition) is 4. The molecule has 1 atom stereocenters. The molecule has 0 unspecified atom stereocenters. The second kappa shape index (κ2) is 6.50. The van der Waals surface area contributed by atoms with Crippen LogP contribution in [0.1, 0.15) is 12.8 Å². The van der Waals surface area contributed by atoms with Crippen LogP contribution < -0.4 is 11.3 Å². The van der Waals surface area contributed by atoms with Crippen molar-refractivity contribution >= 4 is 39.1 Å². The molecule has 1 aliphatic heterocycles. The molecule has 1 amide bonds. The number of nitrogens with two attached hydrogens (primary N) is 1. The highest BCUT2D eigenvalue weighted by molar-refractivity contribution is 7.89. The average Bonchev–Trinajstić information content (AvgIpc) is 2.49. The van der Waals surface area contributed by atoms with E-state index in [-0.39, 0.29) is 27.4 Å². The van der Waals surface area contributed by atoms with Crippen molar-refractivity contribution in [2.75, 3.05) is 13.1 Å². The summed E-state index contributed by atoms with van der Waals surface area (Å²) in [6, 6.07) is 4.26. The SMILES string of the molecule is NNC(=O)[C@H]1CCCN(S(=O)(=O)c2cc(Cl)ccc2Cl)C1. The van der Waals surface area contributed by atoms with Crippen molar-refractivity contribution in [1.29, 1.82) is 0 Å². The van der Waals surface area contributed by atoms with E-state index in [1.807, 2.05) is 0 Å². The fourth-order valence-corrected chi connectivity index (χ4v) is 4.57. The molecule has 0 aromatic heterocycles. The summed E-state index contributed by atoms with van der Waals surface area (Å²) in [6.45, 7) is 0.410. The molecule has 2 rings (SSSR count). The van der Waals surface area contributed by atoms with Crippen LogP contribution in [0, 0.1) is 5.92 Å². The molecule has 21 heavy (non-hydrogen) atoms. The van der Waals surface area contributed by atoms with Crippen LogP contribution in [0.3, 0.4) is 0 Å². The number of halogens is 2. The zero-order chi connectivity index (χ0) is 15.6. The van der Waals surface area contributed by atoms with Crippen molar-refractivity contribution < 1.29 is 13.2 Å². The predicted molar refractivity (Wildman–Crippen MR) is 80.3 cm³/mol. The minimum atomic E-state index is -3.79. The molecule has 1 aromatic carbocycles. The standard InChI is InChI=1S/C12H15Cl2N3O3S/c13-9-3-4-10(14)11(6-9)21(19,20)17-5-1-2-8(7-17)12(18)16-15/h3-4,6,8H,1-2,5,7,15H2,(H,16,18)/t8-/m0/s1. The lowest BCUT2D eigenvalue weighted by molar-refractivity contribution is -0.126. The smallest absolute Gasteiger partial charge is 0.244 e. The van der Waals surface area contributed by atoms with Gasteiger partial charge in [0.15, 0.2) is 0 Å². The Balaban J connectivity index is 2.31. The summed E-state index contributed by atoms with van der Waals surface area (Å²) in [4.78, 5) is 11.5. The van der Waals surface area contributed by atoms with Crippen molar-refractivity contribution in [3.63, 3.8) is 0 Å². The van der Waals surface area contributed by atoms with Crippen molar-refractivity contribution in [3.05, 3.63) is 28.2 Å². The first-order valence-corrected chi connectivity index (χ1v) is 8.51. The number of nitrogens with one attached hydrogen (secondary N) is 1. The maximum atomic E-state index is 12.6. The summed E-state index contributed by atoms with van der Waals surface area (Å²) in [5, 5.41) is 0.385. The summed E-state index contributed by atoms with van der Waals surface area (Å²) in [6.07, 6.45) is 1.17. The van der Waals surface area contributed by atoms with E-state index in [0.717, 1.165) is 0 Å². The molecule has 0 spiro atoms. The number of carbonyl (C=O) groups is 1. The zero-order valence-corrected chi connectivity index (χ0v) is 13.4. The molecule has 9 heteroatoms. The van der Waals surface area contributed by atoms with E-state index in [2.05, 4.69) is 5.43 Å². The molecular weight excluding hydrogens is 337 g/mol. The number of carbonyl (C=O) groups excluding carboxylic acids is 1. The summed E-state index contributed by atoms with van der Waals surface area (Å²) >= 11 is 11.8. The second-order valence-corrected chi connectivity index (χ2v) is 7.54. The zero-order valence-electron chi connectivity index (χ0n) is 11.1. The third-order valence-electron chi connectivity index (χ3n) is 3.41. The normalized spacial score (nSPS) is 20.2. The fraction of sp³-hybridized carbons (Fsp3) is 0.417. The van der Waals surface area contributed by atoms with Crippen LogP contribution in [0.2, 0.25) is 10.0 Å². The largest absolute Gasteiger partial charge is 0.294 e. The number of hydrogen-bond donors (Lipinski definition) is 2. The van der Waals surface area contributed by atoms with Crippen molar-refractivity contribution in [2.45, 2.75) is 17.7 Å². The lowest BCUT2D eigenvalue weighted by Crippen LogP contribution is -2.46. The Morgan fingerprint density at radius 3 is 2.76 bits per heavy atom. The summed E-state index contributed by atoms with van der Waals surface area (Å²) in [7, 11) is -3.79. The Bertz CT molecular complexity index is 651. The van der Waals surface area contributed by atoms with Crippen molar-refractivity contribution in [1.82, 2.24) is 9.73 Å². The van der Waals surface area contributed by atoms with Crippen LogP contribution in [0.15, 0.2) is 23.1 Å². The number of benzene rings is 1. The average molecular weight is 352 g/mol. The summed E-state index contributed by atoms with van der Waals surface area (Å²) in [5.41, 5.74) is 2.06. The monoisotopic (exact) mass is 351 g/mol. The first-order chi connectivity index (χ1) is 9.86. The molecule has 3 N–H and O–H groups in total. The topological polar surface area (TPSA) is 92.5 Å². The molecule has 1 heterocycles. The minimum Gasteiger partial charge on any atom is -0.294 e. The van der Waals surface area contributed by atoms with Crippen LogP contribution in [-0.4, -0.2) is 31.7 Å². The number of rotatable bonds is 3. The molecule has 0 aliphatic carbocycles. The van der Waals surface area contributed by atoms with Crippen LogP contribution in [0.25, 0.3) is 0 Å². The fourth-order valence-electron chi connectivity index (χ4n) is 2.31. The quantitative estimate of drug-likeness (QED) is 0.488. The first kappa shape index (κ1) is 16.5. The van der Waals surface area contributed by atoms with Gasteiger partial charge in [0, 0.05) is 18.1 Å². The lowest BCUT2D eigenvalue weighted by atomic mass is 9.99. The van der Waals surface area contributed by atoms with Gasteiger partial charge in [0.1, 0.15) is 4.90 Å². The molecule has 6 nitrogen and oxygen atoms in total. The van der Waals surface area contributed by atoms with E-state index in [0.29, 0.717) is 19.4 Å². The third kappa shape index (κ3) is 3.49. The molecular formula is C12H15Cl2N3O3S. The van der Waals surface area contributed by atoms with Gasteiger partial charge in [-0.25, -0.2) is 14.3 Å². The molecule has 116 valence electrons. The number of piperidine rings is 1. The van der Waals surface area contributed by atoms with E-state index in [1.54, 1.807) is 0 Å². The van der Waals surface area contributed by atoms with Gasteiger partial charge in [-0.1, -0.05) is 23.2 Å². The highest BCUT2D eigenvalue weighted by atomic mass is 35.5. The van der Waals surface area contributed by atoms with Gasteiger partial charge in [0.2, 0.25) is 15.9 Å². The summed E-state index contributed by atoms with van der Waals surface area (Å²) < 4.78 is 26.5. The Morgan fingerprint density at radius 2 is 2.10 bits per heavy atom. The molecule has 0 saturated carbocycles. The molecule has 0 radical (unpaired) electrons. The van der Waals surface area contributed by atoms with E-state index in [4.69, 9.17) is 29.0 Å². The van der Waals surface area contributed by atoms with Crippen molar-refractivity contribution in [2.24, 2.45) is 11.8 Å². The highest BCUT2D eigenvalue weighted by Gasteiger charge is 2.34. The second-order valence-electron chi connectivity index (χ2n) is 4.79. The van der Waals surface area contributed by atoms with Crippen molar-refractivity contribution in [3.8, 4) is 0 Å². The number of sulfonamides is 1. The Morgan fingerprint density at radius 1 is 1.38 bits per heavy atom. The van der Waals surface area contributed by atoms with Gasteiger partial charge in [-0.3, -0.25) is 10.2 Å². The molecule has 0 bridgehead atoms. The van der Waals surface area contributed by atoms with E-state index >= 15 is 0 Å². The van der Waals surface area contributed by atoms with Gasteiger partial charge < -0.3 is 0 Å². The summed E-state index contributed by atoms with van der Waals surface area (Å²) in [5.74, 6) is 4.28. The van der Waals surface area contributed by atoms with Gasteiger partial charge in [0.05, 0.1) is 10.9 Å². The van der Waals surface area contributed by atoms with Crippen LogP contribution in [0.4, 0.5) is 0 Å². The maximum Gasteiger partial charge on any atom is 0.244 e. The maximum absolute atomic E-state index is 12.6.